The van der Waals surface area contributed by atoms with Crippen LogP contribution in [0.2, 0.25) is 0 Å². The fraction of sp³-hybridized carbons (Fsp3) is 0.250. The minimum Gasteiger partial charge on any atom is -0.365 e. The Hall–Kier alpha value is -2.96. The van der Waals surface area contributed by atoms with Gasteiger partial charge in [-0.3, -0.25) is 19.4 Å². The zero-order valence-corrected chi connectivity index (χ0v) is 12.9. The third kappa shape index (κ3) is 2.21. The highest BCUT2D eigenvalue weighted by Gasteiger charge is 2.18. The molecule has 118 valence electrons. The fourth-order valence-corrected chi connectivity index (χ4v) is 2.65. The number of carbonyl (C=O) groups is 1. The summed E-state index contributed by atoms with van der Waals surface area (Å²) in [5, 5.41) is 8.56. The van der Waals surface area contributed by atoms with Crippen molar-refractivity contribution in [3.63, 3.8) is 0 Å². The summed E-state index contributed by atoms with van der Waals surface area (Å²) in [5.41, 5.74) is 5.98. The van der Waals surface area contributed by atoms with E-state index in [0.29, 0.717) is 11.3 Å². The smallest absolute Gasteiger partial charge is 0.267 e. The molecule has 3 aromatic rings. The van der Waals surface area contributed by atoms with Gasteiger partial charge in [-0.2, -0.15) is 0 Å². The number of primary amides is 1. The fourth-order valence-electron chi connectivity index (χ4n) is 2.65. The lowest BCUT2D eigenvalue weighted by Crippen LogP contribution is -2.33. The summed E-state index contributed by atoms with van der Waals surface area (Å²) in [7, 11) is 0. The molecule has 7 nitrogen and oxygen atoms in total. The van der Waals surface area contributed by atoms with Crippen molar-refractivity contribution in [1.82, 2.24) is 14.0 Å². The molecule has 1 atom stereocenters. The van der Waals surface area contributed by atoms with Crippen molar-refractivity contribution in [3.05, 3.63) is 51.9 Å². The van der Waals surface area contributed by atoms with Crippen molar-refractivity contribution in [2.75, 3.05) is 0 Å². The third-order valence-corrected chi connectivity index (χ3v) is 4.06. The second-order valence-corrected chi connectivity index (χ2v) is 5.48. The van der Waals surface area contributed by atoms with Gasteiger partial charge < -0.3 is 10.3 Å². The van der Waals surface area contributed by atoms with Crippen LogP contribution in [0, 0.1) is 5.41 Å². The summed E-state index contributed by atoms with van der Waals surface area (Å²) in [5.74, 6) is -0.730. The molecule has 0 unspecified atom stereocenters. The Morgan fingerprint density at radius 3 is 2.83 bits per heavy atom. The predicted octanol–water partition coefficient (Wildman–Crippen LogP) is 1.20. The minimum absolute atomic E-state index is 0.0209. The summed E-state index contributed by atoms with van der Waals surface area (Å²) < 4.78 is 3.02. The molecule has 0 fully saturated rings. The standard InChI is InChI=1S/C16H17N5O2/c1-3-9(2)21-13(17)10(14(18)22)8-11-15(21)19-12-6-4-5-7-20(12)16(11)23/h4-9,17H,3H2,1-2H3,(H2,18,22)/t9-/m1/s1. The highest BCUT2D eigenvalue weighted by Crippen LogP contribution is 2.16. The zero-order chi connectivity index (χ0) is 16.7. The zero-order valence-electron chi connectivity index (χ0n) is 12.9. The lowest BCUT2D eigenvalue weighted by molar-refractivity contribution is 0.0998. The van der Waals surface area contributed by atoms with Crippen molar-refractivity contribution in [2.45, 2.75) is 26.3 Å². The van der Waals surface area contributed by atoms with E-state index in [0.717, 1.165) is 6.42 Å². The van der Waals surface area contributed by atoms with Gasteiger partial charge in [0.05, 0.1) is 10.9 Å². The van der Waals surface area contributed by atoms with Crippen molar-refractivity contribution in [3.8, 4) is 0 Å². The van der Waals surface area contributed by atoms with Gasteiger partial charge in [-0.25, -0.2) is 4.98 Å². The quantitative estimate of drug-likeness (QED) is 0.710. The highest BCUT2D eigenvalue weighted by atomic mass is 16.1. The molecule has 0 saturated heterocycles. The van der Waals surface area contributed by atoms with Crippen molar-refractivity contribution < 1.29 is 4.79 Å². The van der Waals surface area contributed by atoms with Crippen molar-refractivity contribution in [2.24, 2.45) is 5.73 Å². The van der Waals surface area contributed by atoms with Gasteiger partial charge in [-0.15, -0.1) is 0 Å². The lowest BCUT2D eigenvalue weighted by atomic mass is 10.1. The first-order valence-electron chi connectivity index (χ1n) is 7.36. The molecule has 0 radical (unpaired) electrons. The SMILES string of the molecule is CC[C@@H](C)n1c(=N)c(C(N)=O)cc2c(=O)n3ccccc3nc21. The number of aromatic nitrogens is 3. The number of hydrogen-bond acceptors (Lipinski definition) is 4. The van der Waals surface area contributed by atoms with Gasteiger partial charge in [0.2, 0.25) is 0 Å². The summed E-state index contributed by atoms with van der Waals surface area (Å²) in [4.78, 5) is 28.9. The maximum atomic E-state index is 12.7. The second-order valence-electron chi connectivity index (χ2n) is 5.48. The Kier molecular flexibility index (Phi) is 3.48. The van der Waals surface area contributed by atoms with Crippen LogP contribution in [-0.2, 0) is 0 Å². The van der Waals surface area contributed by atoms with Crippen LogP contribution in [0.3, 0.4) is 0 Å². The molecule has 0 aliphatic rings. The van der Waals surface area contributed by atoms with Crippen LogP contribution >= 0.6 is 0 Å². The number of amides is 1. The molecule has 0 aliphatic carbocycles. The maximum Gasteiger partial charge on any atom is 0.267 e. The minimum atomic E-state index is -0.730. The number of nitrogens with two attached hydrogens (primary N) is 1. The number of pyridine rings is 2. The Balaban J connectivity index is 2.61. The second kappa shape index (κ2) is 5.35. The van der Waals surface area contributed by atoms with Gasteiger partial charge in [0.25, 0.3) is 11.5 Å². The first-order valence-corrected chi connectivity index (χ1v) is 7.36. The molecule has 0 aliphatic heterocycles. The van der Waals surface area contributed by atoms with Crippen molar-refractivity contribution >= 4 is 22.6 Å². The van der Waals surface area contributed by atoms with E-state index < -0.39 is 5.91 Å². The molecular formula is C16H17N5O2. The Bertz CT molecular complexity index is 1050. The van der Waals surface area contributed by atoms with Gasteiger partial charge in [0.15, 0.2) is 0 Å². The number of nitrogens with one attached hydrogen (secondary N) is 1. The maximum absolute atomic E-state index is 12.7. The molecule has 0 bridgehead atoms. The van der Waals surface area contributed by atoms with Crippen LogP contribution < -0.4 is 16.8 Å². The summed E-state index contributed by atoms with van der Waals surface area (Å²) >= 11 is 0. The predicted molar refractivity (Wildman–Crippen MR) is 86.3 cm³/mol. The van der Waals surface area contributed by atoms with Crippen LogP contribution in [-0.4, -0.2) is 19.9 Å². The Morgan fingerprint density at radius 1 is 1.43 bits per heavy atom. The van der Waals surface area contributed by atoms with Gasteiger partial charge in [0, 0.05) is 12.2 Å². The topological polar surface area (TPSA) is 106 Å². The monoisotopic (exact) mass is 311 g/mol. The largest absolute Gasteiger partial charge is 0.365 e. The average molecular weight is 311 g/mol. The number of fused-ring (bicyclic) bond motifs is 2. The Labute approximate surface area is 131 Å². The number of rotatable bonds is 3. The molecule has 0 aromatic carbocycles. The van der Waals surface area contributed by atoms with E-state index in [-0.39, 0.29) is 28.0 Å². The van der Waals surface area contributed by atoms with Crippen LogP contribution in [0.1, 0.15) is 36.7 Å². The normalized spacial score (nSPS) is 12.6. The van der Waals surface area contributed by atoms with Crippen LogP contribution in [0.4, 0.5) is 0 Å². The highest BCUT2D eigenvalue weighted by molar-refractivity contribution is 5.95. The van der Waals surface area contributed by atoms with Gasteiger partial charge >= 0.3 is 0 Å². The molecule has 3 rings (SSSR count). The molecule has 0 saturated carbocycles. The first kappa shape index (κ1) is 15.0. The van der Waals surface area contributed by atoms with E-state index >= 15 is 0 Å². The van der Waals surface area contributed by atoms with Crippen LogP contribution in [0.15, 0.2) is 35.3 Å². The van der Waals surface area contributed by atoms with E-state index in [1.54, 1.807) is 29.0 Å². The first-order chi connectivity index (χ1) is 11.0. The van der Waals surface area contributed by atoms with Gasteiger partial charge in [-0.1, -0.05) is 13.0 Å². The molecule has 1 amide bonds. The molecule has 7 heteroatoms. The van der Waals surface area contributed by atoms with E-state index in [1.165, 1.54) is 10.5 Å². The average Bonchev–Trinajstić information content (AvgIpc) is 2.54. The van der Waals surface area contributed by atoms with E-state index in [1.807, 2.05) is 13.8 Å². The van der Waals surface area contributed by atoms with Gasteiger partial charge in [-0.05, 0) is 31.5 Å². The van der Waals surface area contributed by atoms with E-state index in [9.17, 15) is 9.59 Å². The molecular weight excluding hydrogens is 294 g/mol. The molecule has 23 heavy (non-hydrogen) atoms. The van der Waals surface area contributed by atoms with E-state index in [4.69, 9.17) is 11.1 Å². The summed E-state index contributed by atoms with van der Waals surface area (Å²) in [6, 6.07) is 6.53. The number of carbonyl (C=O) groups excluding carboxylic acids is 1. The van der Waals surface area contributed by atoms with Crippen LogP contribution in [0.5, 0.6) is 0 Å². The third-order valence-electron chi connectivity index (χ3n) is 4.06. The number of nitrogens with zero attached hydrogens (tertiary/aromatic N) is 3. The molecule has 3 aromatic heterocycles. The Morgan fingerprint density at radius 2 is 2.17 bits per heavy atom. The molecule has 3 N–H and O–H groups in total. The molecule has 0 spiro atoms. The van der Waals surface area contributed by atoms with E-state index in [2.05, 4.69) is 4.98 Å². The lowest BCUT2D eigenvalue weighted by Gasteiger charge is -2.18. The number of hydrogen-bond donors (Lipinski definition) is 2. The van der Waals surface area contributed by atoms with Gasteiger partial charge in [0.1, 0.15) is 16.8 Å². The summed E-state index contributed by atoms with van der Waals surface area (Å²) in [6.45, 7) is 3.88. The van der Waals surface area contributed by atoms with Crippen molar-refractivity contribution in [1.29, 1.82) is 5.41 Å². The molecule has 3 heterocycles. The van der Waals surface area contributed by atoms with Crippen LogP contribution in [0.25, 0.3) is 16.7 Å². The summed E-state index contributed by atoms with van der Waals surface area (Å²) in [6.07, 6.45) is 2.35.